The molecule has 0 unspecified atom stereocenters. The number of nitrogens with one attached hydrogen (secondary N) is 1. The molecule has 0 saturated carbocycles. The number of nitrogens with zero attached hydrogens (tertiary/aromatic N) is 4. The molecule has 3 N–H and O–H groups in total. The van der Waals surface area contributed by atoms with Gasteiger partial charge in [0.2, 0.25) is 27.0 Å². The molecule has 0 bridgehead atoms. The highest BCUT2D eigenvalue weighted by molar-refractivity contribution is 7.89. The second kappa shape index (κ2) is 6.49. The van der Waals surface area contributed by atoms with Crippen LogP contribution >= 0.6 is 11.5 Å². The molecule has 4 rings (SSSR count). The fourth-order valence-corrected chi connectivity index (χ4v) is 5.27. The van der Waals surface area contributed by atoms with Crippen molar-refractivity contribution in [2.24, 2.45) is 0 Å². The minimum Gasteiger partial charge on any atom is -0.367 e. The minimum atomic E-state index is -3.57. The molecule has 1 saturated heterocycles. The molecular formula is C15H18N6O3S2. The number of rotatable bonds is 3. The van der Waals surface area contributed by atoms with Crippen molar-refractivity contribution in [3.63, 3.8) is 0 Å². The van der Waals surface area contributed by atoms with Gasteiger partial charge in [-0.3, -0.25) is 4.79 Å². The van der Waals surface area contributed by atoms with E-state index < -0.39 is 10.0 Å². The van der Waals surface area contributed by atoms with Crippen LogP contribution in [-0.4, -0.2) is 54.2 Å². The second-order valence-corrected chi connectivity index (χ2v) is 8.86. The molecule has 0 radical (unpaired) electrons. The molecule has 2 aliphatic heterocycles. The molecule has 2 aliphatic rings. The number of benzene rings is 1. The van der Waals surface area contributed by atoms with Gasteiger partial charge in [-0.25, -0.2) is 8.42 Å². The number of amides is 1. The number of nitrogen functional groups attached to an aromatic ring is 1. The number of aromatic nitrogens is 2. The summed E-state index contributed by atoms with van der Waals surface area (Å²) in [5.74, 6) is 0.197. The van der Waals surface area contributed by atoms with E-state index in [2.05, 4.69) is 14.7 Å². The molecular weight excluding hydrogens is 376 g/mol. The van der Waals surface area contributed by atoms with Gasteiger partial charge in [-0.1, -0.05) is 0 Å². The van der Waals surface area contributed by atoms with Crippen LogP contribution in [0.2, 0.25) is 0 Å². The van der Waals surface area contributed by atoms with Gasteiger partial charge in [-0.15, -0.1) is 0 Å². The lowest BCUT2D eigenvalue weighted by Gasteiger charge is -2.33. The van der Waals surface area contributed by atoms with Crippen LogP contribution in [0.1, 0.15) is 12.0 Å². The number of nitrogens with two attached hydrogens (primary N) is 1. The van der Waals surface area contributed by atoms with Gasteiger partial charge in [0.15, 0.2) is 0 Å². The van der Waals surface area contributed by atoms with E-state index in [1.54, 1.807) is 18.2 Å². The number of carbonyl (C=O) groups is 1. The summed E-state index contributed by atoms with van der Waals surface area (Å²) < 4.78 is 31.4. The Hall–Kier alpha value is -2.24. The molecule has 0 aliphatic carbocycles. The van der Waals surface area contributed by atoms with Crippen molar-refractivity contribution in [1.29, 1.82) is 0 Å². The van der Waals surface area contributed by atoms with Gasteiger partial charge in [0, 0.05) is 49.8 Å². The van der Waals surface area contributed by atoms with E-state index in [9.17, 15) is 13.2 Å². The number of hydrogen-bond donors (Lipinski definition) is 2. The Morgan fingerprint density at radius 3 is 2.62 bits per heavy atom. The minimum absolute atomic E-state index is 0.0402. The Morgan fingerprint density at radius 1 is 1.15 bits per heavy atom. The highest BCUT2D eigenvalue weighted by Gasteiger charge is 2.30. The number of piperazine rings is 1. The lowest BCUT2D eigenvalue weighted by molar-refractivity contribution is -0.116. The van der Waals surface area contributed by atoms with Crippen molar-refractivity contribution in [2.75, 3.05) is 42.1 Å². The van der Waals surface area contributed by atoms with Gasteiger partial charge in [-0.2, -0.15) is 13.7 Å². The highest BCUT2D eigenvalue weighted by atomic mass is 32.2. The third-order valence-corrected chi connectivity index (χ3v) is 7.24. The summed E-state index contributed by atoms with van der Waals surface area (Å²) in [7, 11) is -3.57. The van der Waals surface area contributed by atoms with Crippen molar-refractivity contribution in [3.8, 4) is 0 Å². The lowest BCUT2D eigenvalue weighted by Crippen LogP contribution is -2.48. The Kier molecular flexibility index (Phi) is 4.29. The normalized spacial score (nSPS) is 18.5. The van der Waals surface area contributed by atoms with E-state index in [1.807, 2.05) is 4.90 Å². The maximum Gasteiger partial charge on any atom is 0.243 e. The topological polar surface area (TPSA) is 122 Å². The first-order chi connectivity index (χ1) is 12.4. The molecule has 1 amide bonds. The predicted molar refractivity (Wildman–Crippen MR) is 98.7 cm³/mol. The number of anilines is 3. The largest absolute Gasteiger partial charge is 0.367 e. The maximum absolute atomic E-state index is 13.0. The molecule has 26 heavy (non-hydrogen) atoms. The summed E-state index contributed by atoms with van der Waals surface area (Å²) in [6, 6.07) is 4.89. The van der Waals surface area contributed by atoms with E-state index in [1.165, 1.54) is 15.8 Å². The van der Waals surface area contributed by atoms with Gasteiger partial charge in [0.1, 0.15) is 0 Å². The summed E-state index contributed by atoms with van der Waals surface area (Å²) in [5, 5.41) is 3.48. The summed E-state index contributed by atoms with van der Waals surface area (Å²) in [4.78, 5) is 17.8. The van der Waals surface area contributed by atoms with E-state index in [0.717, 1.165) is 5.56 Å². The third kappa shape index (κ3) is 3.13. The van der Waals surface area contributed by atoms with Crippen molar-refractivity contribution >= 4 is 44.2 Å². The summed E-state index contributed by atoms with van der Waals surface area (Å²) in [6.45, 7) is 1.81. The zero-order valence-electron chi connectivity index (χ0n) is 13.9. The van der Waals surface area contributed by atoms with Gasteiger partial charge in [0.05, 0.1) is 4.90 Å². The SMILES string of the molecule is Nc1nsc(N2CCN(S(=O)(=O)c3ccc4c(c3)CCC(=O)N4)CC2)n1. The van der Waals surface area contributed by atoms with E-state index in [0.29, 0.717) is 49.8 Å². The quantitative estimate of drug-likeness (QED) is 0.778. The van der Waals surface area contributed by atoms with Crippen LogP contribution in [0.5, 0.6) is 0 Å². The van der Waals surface area contributed by atoms with Crippen LogP contribution in [0.4, 0.5) is 16.8 Å². The number of hydrogen-bond acceptors (Lipinski definition) is 8. The van der Waals surface area contributed by atoms with Gasteiger partial charge in [-0.05, 0) is 30.2 Å². The predicted octanol–water partition coefficient (Wildman–Crippen LogP) is 0.516. The van der Waals surface area contributed by atoms with Gasteiger partial charge >= 0.3 is 0 Å². The van der Waals surface area contributed by atoms with Gasteiger partial charge in [0.25, 0.3) is 0 Å². The number of aryl methyl sites for hydroxylation is 1. The molecule has 1 aromatic heterocycles. The van der Waals surface area contributed by atoms with Crippen LogP contribution < -0.4 is 16.0 Å². The van der Waals surface area contributed by atoms with E-state index in [4.69, 9.17) is 5.73 Å². The second-order valence-electron chi connectivity index (χ2n) is 6.19. The van der Waals surface area contributed by atoms with Crippen molar-refractivity contribution in [1.82, 2.24) is 13.7 Å². The monoisotopic (exact) mass is 394 g/mol. The van der Waals surface area contributed by atoms with Crippen molar-refractivity contribution < 1.29 is 13.2 Å². The molecule has 3 heterocycles. The fourth-order valence-electron chi connectivity index (χ4n) is 3.14. The Morgan fingerprint density at radius 2 is 1.92 bits per heavy atom. The molecule has 9 nitrogen and oxygen atoms in total. The zero-order valence-corrected chi connectivity index (χ0v) is 15.5. The smallest absolute Gasteiger partial charge is 0.243 e. The number of carbonyl (C=O) groups excluding carboxylic acids is 1. The lowest BCUT2D eigenvalue weighted by atomic mass is 10.0. The molecule has 0 spiro atoms. The van der Waals surface area contributed by atoms with Crippen molar-refractivity contribution in [3.05, 3.63) is 23.8 Å². The Bertz CT molecular complexity index is 950. The first-order valence-corrected chi connectivity index (χ1v) is 10.4. The van der Waals surface area contributed by atoms with Crippen LogP contribution in [0.3, 0.4) is 0 Å². The summed E-state index contributed by atoms with van der Waals surface area (Å²) >= 11 is 1.21. The molecule has 0 atom stereocenters. The number of sulfonamides is 1. The van der Waals surface area contributed by atoms with Crippen LogP contribution in [0.15, 0.2) is 23.1 Å². The average molecular weight is 394 g/mol. The van der Waals surface area contributed by atoms with E-state index in [-0.39, 0.29) is 16.8 Å². The van der Waals surface area contributed by atoms with Gasteiger partial charge < -0.3 is 16.0 Å². The molecule has 11 heteroatoms. The molecule has 1 fully saturated rings. The Balaban J connectivity index is 1.50. The standard InChI is InChI=1S/C15H18N6O3S2/c16-14-18-15(25-19-14)20-5-7-21(8-6-20)26(23,24)11-2-3-12-10(9-11)1-4-13(22)17-12/h2-3,9H,1,4-8H2,(H2,16,19)(H,17,22). The first-order valence-electron chi connectivity index (χ1n) is 8.20. The van der Waals surface area contributed by atoms with Crippen molar-refractivity contribution in [2.45, 2.75) is 17.7 Å². The first kappa shape index (κ1) is 17.2. The van der Waals surface area contributed by atoms with Crippen LogP contribution in [0.25, 0.3) is 0 Å². The van der Waals surface area contributed by atoms with Crippen LogP contribution in [-0.2, 0) is 21.2 Å². The Labute approximate surface area is 155 Å². The van der Waals surface area contributed by atoms with Crippen LogP contribution in [0, 0.1) is 0 Å². The average Bonchev–Trinajstić information content (AvgIpc) is 3.07. The summed E-state index contributed by atoms with van der Waals surface area (Å²) in [5.41, 5.74) is 7.10. The zero-order chi connectivity index (χ0) is 18.3. The van der Waals surface area contributed by atoms with E-state index >= 15 is 0 Å². The maximum atomic E-state index is 13.0. The summed E-state index contributed by atoms with van der Waals surface area (Å²) in [6.07, 6.45) is 0.928. The highest BCUT2D eigenvalue weighted by Crippen LogP contribution is 2.28. The molecule has 138 valence electrons. The fraction of sp³-hybridized carbons (Fsp3) is 0.400. The molecule has 2 aromatic rings. The third-order valence-electron chi connectivity index (χ3n) is 4.55. The molecule has 1 aromatic carbocycles. The number of fused-ring (bicyclic) bond motifs is 1.